The van der Waals surface area contributed by atoms with Gasteiger partial charge in [-0.2, -0.15) is 4.98 Å². The van der Waals surface area contributed by atoms with Crippen molar-refractivity contribution in [2.45, 2.75) is 26.3 Å². The van der Waals surface area contributed by atoms with E-state index >= 15 is 0 Å². The zero-order chi connectivity index (χ0) is 17.4. The first-order valence-electron chi connectivity index (χ1n) is 8.21. The van der Waals surface area contributed by atoms with Crippen molar-refractivity contribution in [2.24, 2.45) is 0 Å². The summed E-state index contributed by atoms with van der Waals surface area (Å²) in [5.41, 5.74) is 3.79. The topological polar surface area (TPSA) is 51.0 Å². The third-order valence-corrected chi connectivity index (χ3v) is 4.48. The molecular weight excluding hydrogens is 324 g/mol. The van der Waals surface area contributed by atoms with Crippen LogP contribution in [0.2, 0.25) is 0 Å². The predicted octanol–water partition coefficient (Wildman–Crippen LogP) is 3.56. The summed E-state index contributed by atoms with van der Waals surface area (Å²) >= 11 is 0. The van der Waals surface area contributed by atoms with Crippen LogP contribution in [0.4, 0.5) is 8.78 Å². The molecule has 0 saturated carbocycles. The van der Waals surface area contributed by atoms with Crippen LogP contribution < -0.4 is 5.32 Å². The van der Waals surface area contributed by atoms with E-state index in [-0.39, 0.29) is 18.1 Å². The summed E-state index contributed by atoms with van der Waals surface area (Å²) in [4.78, 5) is 4.40. The molecule has 0 unspecified atom stereocenters. The van der Waals surface area contributed by atoms with Gasteiger partial charge in [0.05, 0.1) is 0 Å². The Kier molecular flexibility index (Phi) is 4.05. The number of hydrogen-bond acceptors (Lipinski definition) is 4. The Labute approximate surface area is 143 Å². The third-order valence-electron chi connectivity index (χ3n) is 4.48. The van der Waals surface area contributed by atoms with Crippen LogP contribution >= 0.6 is 0 Å². The van der Waals surface area contributed by atoms with Gasteiger partial charge in [-0.15, -0.1) is 0 Å². The monoisotopic (exact) mass is 341 g/mol. The Bertz CT molecular complexity index is 936. The molecule has 25 heavy (non-hydrogen) atoms. The highest BCUT2D eigenvalue weighted by Gasteiger charge is 2.21. The maximum atomic E-state index is 14.0. The van der Waals surface area contributed by atoms with Crippen molar-refractivity contribution < 1.29 is 13.3 Å². The van der Waals surface area contributed by atoms with Crippen molar-refractivity contribution in [1.82, 2.24) is 15.5 Å². The van der Waals surface area contributed by atoms with E-state index in [1.54, 1.807) is 18.2 Å². The largest absolute Gasteiger partial charge is 0.334 e. The minimum Gasteiger partial charge on any atom is -0.334 e. The SMILES string of the molecule is Cc1ccc(F)c(Cc2noc(-c3ccc(F)c4c3CCNC4)n2)c1. The second-order valence-corrected chi connectivity index (χ2v) is 6.27. The van der Waals surface area contributed by atoms with Gasteiger partial charge in [0.25, 0.3) is 5.89 Å². The minimum absolute atomic E-state index is 0.229. The zero-order valence-corrected chi connectivity index (χ0v) is 13.8. The molecule has 0 radical (unpaired) electrons. The van der Waals surface area contributed by atoms with Gasteiger partial charge in [0.1, 0.15) is 11.6 Å². The van der Waals surface area contributed by atoms with E-state index in [9.17, 15) is 8.78 Å². The van der Waals surface area contributed by atoms with Crippen LogP contribution in [0.5, 0.6) is 0 Å². The minimum atomic E-state index is -0.290. The number of halogens is 2. The van der Waals surface area contributed by atoms with Crippen molar-refractivity contribution >= 4 is 0 Å². The number of nitrogens with one attached hydrogen (secondary N) is 1. The molecule has 4 nitrogen and oxygen atoms in total. The van der Waals surface area contributed by atoms with Gasteiger partial charge in [0.15, 0.2) is 5.82 Å². The van der Waals surface area contributed by atoms with Crippen molar-refractivity contribution in [3.05, 3.63) is 70.0 Å². The van der Waals surface area contributed by atoms with E-state index < -0.39 is 0 Å². The van der Waals surface area contributed by atoms with Gasteiger partial charge in [0, 0.05) is 24.1 Å². The zero-order valence-electron chi connectivity index (χ0n) is 13.8. The average Bonchev–Trinajstić information content (AvgIpc) is 3.07. The highest BCUT2D eigenvalue weighted by atomic mass is 19.1. The molecule has 0 fully saturated rings. The molecule has 0 atom stereocenters. The number of benzene rings is 2. The van der Waals surface area contributed by atoms with E-state index in [0.717, 1.165) is 23.2 Å². The lowest BCUT2D eigenvalue weighted by Crippen LogP contribution is -2.25. The van der Waals surface area contributed by atoms with Gasteiger partial charge >= 0.3 is 0 Å². The Morgan fingerprint density at radius 2 is 1.96 bits per heavy atom. The summed E-state index contributed by atoms with van der Waals surface area (Å²) in [6, 6.07) is 8.03. The molecule has 0 aliphatic carbocycles. The van der Waals surface area contributed by atoms with E-state index in [4.69, 9.17) is 4.52 Å². The smallest absolute Gasteiger partial charge is 0.258 e. The van der Waals surface area contributed by atoms with E-state index in [2.05, 4.69) is 15.5 Å². The summed E-state index contributed by atoms with van der Waals surface area (Å²) in [7, 11) is 0. The maximum Gasteiger partial charge on any atom is 0.258 e. The summed E-state index contributed by atoms with van der Waals surface area (Å²) in [6.07, 6.45) is 0.953. The Hall–Kier alpha value is -2.60. The fourth-order valence-corrected chi connectivity index (χ4v) is 3.21. The quantitative estimate of drug-likeness (QED) is 0.791. The summed E-state index contributed by atoms with van der Waals surface area (Å²) in [5.74, 6) is 0.238. The number of rotatable bonds is 3. The molecule has 0 saturated heterocycles. The van der Waals surface area contributed by atoms with Crippen LogP contribution in [0.25, 0.3) is 11.5 Å². The molecule has 2 aromatic carbocycles. The van der Waals surface area contributed by atoms with Gasteiger partial charge in [-0.1, -0.05) is 22.9 Å². The van der Waals surface area contributed by atoms with E-state index in [1.165, 1.54) is 12.1 Å². The number of hydrogen-bond donors (Lipinski definition) is 1. The number of aryl methyl sites for hydroxylation is 1. The summed E-state index contributed by atoms with van der Waals surface area (Å²) in [5, 5.41) is 7.13. The lowest BCUT2D eigenvalue weighted by molar-refractivity contribution is 0.422. The van der Waals surface area contributed by atoms with Crippen LogP contribution in [0, 0.1) is 18.6 Å². The molecule has 1 aromatic heterocycles. The maximum absolute atomic E-state index is 14.0. The van der Waals surface area contributed by atoms with Crippen LogP contribution in [0.3, 0.4) is 0 Å². The van der Waals surface area contributed by atoms with Gasteiger partial charge < -0.3 is 9.84 Å². The molecule has 1 aliphatic heterocycles. The van der Waals surface area contributed by atoms with Crippen LogP contribution in [0.15, 0.2) is 34.9 Å². The molecule has 1 N–H and O–H groups in total. The lowest BCUT2D eigenvalue weighted by Gasteiger charge is -2.19. The molecular formula is C19H17F2N3O. The lowest BCUT2D eigenvalue weighted by atomic mass is 9.95. The standard InChI is InChI=1S/C19H17F2N3O/c1-11-2-4-16(20)12(8-11)9-18-23-19(25-24-18)14-3-5-17(21)15-10-22-7-6-13(14)15/h2-5,8,22H,6-7,9-10H2,1H3. The van der Waals surface area contributed by atoms with Crippen molar-refractivity contribution in [2.75, 3.05) is 6.54 Å². The summed E-state index contributed by atoms with van der Waals surface area (Å²) in [6.45, 7) is 3.17. The van der Waals surface area contributed by atoms with Crippen molar-refractivity contribution in [1.29, 1.82) is 0 Å². The highest BCUT2D eigenvalue weighted by Crippen LogP contribution is 2.29. The van der Waals surface area contributed by atoms with Gasteiger partial charge in [-0.3, -0.25) is 0 Å². The van der Waals surface area contributed by atoms with Crippen molar-refractivity contribution in [3.8, 4) is 11.5 Å². The molecule has 1 aliphatic rings. The van der Waals surface area contributed by atoms with Crippen LogP contribution in [-0.2, 0) is 19.4 Å². The first-order chi connectivity index (χ1) is 12.1. The molecule has 2 heterocycles. The van der Waals surface area contributed by atoms with Gasteiger partial charge in [-0.05, 0) is 49.2 Å². The molecule has 4 rings (SSSR count). The fraction of sp³-hybridized carbons (Fsp3) is 0.263. The first kappa shape index (κ1) is 15.9. The van der Waals surface area contributed by atoms with E-state index in [0.29, 0.717) is 35.8 Å². The van der Waals surface area contributed by atoms with Gasteiger partial charge in [0.2, 0.25) is 0 Å². The first-order valence-corrected chi connectivity index (χ1v) is 8.21. The Balaban J connectivity index is 1.67. The predicted molar refractivity (Wildman–Crippen MR) is 89.0 cm³/mol. The fourth-order valence-electron chi connectivity index (χ4n) is 3.21. The van der Waals surface area contributed by atoms with Crippen molar-refractivity contribution in [3.63, 3.8) is 0 Å². The summed E-state index contributed by atoms with van der Waals surface area (Å²) < 4.78 is 33.3. The number of nitrogens with zero attached hydrogens (tertiary/aromatic N) is 2. The highest BCUT2D eigenvalue weighted by molar-refractivity contribution is 5.61. The Morgan fingerprint density at radius 1 is 1.12 bits per heavy atom. The molecule has 3 aromatic rings. The van der Waals surface area contributed by atoms with Crippen LogP contribution in [0.1, 0.15) is 28.1 Å². The second kappa shape index (κ2) is 6.37. The molecule has 0 amide bonds. The molecule has 0 bridgehead atoms. The van der Waals surface area contributed by atoms with Gasteiger partial charge in [-0.25, -0.2) is 8.78 Å². The molecule has 0 spiro atoms. The normalized spacial score (nSPS) is 13.7. The number of aromatic nitrogens is 2. The second-order valence-electron chi connectivity index (χ2n) is 6.27. The van der Waals surface area contributed by atoms with Crippen LogP contribution in [-0.4, -0.2) is 16.7 Å². The average molecular weight is 341 g/mol. The number of fused-ring (bicyclic) bond motifs is 1. The molecule has 6 heteroatoms. The third kappa shape index (κ3) is 3.05. The Morgan fingerprint density at radius 3 is 2.84 bits per heavy atom. The van der Waals surface area contributed by atoms with E-state index in [1.807, 2.05) is 6.92 Å². The molecule has 128 valence electrons.